The van der Waals surface area contributed by atoms with Gasteiger partial charge < -0.3 is 20.0 Å². The van der Waals surface area contributed by atoms with Gasteiger partial charge in [-0.25, -0.2) is 13.8 Å². The fourth-order valence-electron chi connectivity index (χ4n) is 7.52. The highest BCUT2D eigenvalue weighted by Gasteiger charge is 2.72. The van der Waals surface area contributed by atoms with E-state index in [-0.39, 0.29) is 35.9 Å². The first-order chi connectivity index (χ1) is 17.4. The number of likely N-dealkylation sites (N-methyl/N-ethyl adjacent to an activating group) is 1. The molecule has 0 spiro atoms. The number of hydroxylamine groups is 2. The molecule has 3 fully saturated rings. The molecule has 0 aliphatic heterocycles. The molecule has 5 rings (SSSR count). The Hall–Kier alpha value is -2.27. The van der Waals surface area contributed by atoms with Gasteiger partial charge in [0.05, 0.1) is 12.4 Å². The zero-order chi connectivity index (χ0) is 27.2. The summed E-state index contributed by atoms with van der Waals surface area (Å²) in [6, 6.07) is 0. The summed E-state index contributed by atoms with van der Waals surface area (Å²) in [5.41, 5.74) is -4.04. The van der Waals surface area contributed by atoms with E-state index in [0.717, 1.165) is 11.6 Å². The molecule has 0 bridgehead atoms. The lowest BCUT2D eigenvalue weighted by Crippen LogP contribution is -2.68. The van der Waals surface area contributed by atoms with Crippen LogP contribution in [0.2, 0.25) is 0 Å². The van der Waals surface area contributed by atoms with Crippen LogP contribution in [0.1, 0.15) is 39.5 Å². The van der Waals surface area contributed by atoms with Crippen LogP contribution in [-0.4, -0.2) is 79.7 Å². The van der Waals surface area contributed by atoms with Gasteiger partial charge in [0.25, 0.3) is 0 Å². The van der Waals surface area contributed by atoms with Crippen molar-refractivity contribution in [3.8, 4) is 0 Å². The molecule has 204 valence electrons. The molecule has 1 aromatic rings. The normalized spacial score (nSPS) is 40.3. The number of alkyl halides is 2. The van der Waals surface area contributed by atoms with E-state index in [1.165, 1.54) is 18.2 Å². The molecule has 10 heteroatoms. The van der Waals surface area contributed by atoms with Crippen LogP contribution in [0.5, 0.6) is 0 Å². The van der Waals surface area contributed by atoms with Crippen molar-refractivity contribution in [3.05, 3.63) is 42.5 Å². The Kier molecular flexibility index (Phi) is 7.60. The maximum absolute atomic E-state index is 16.7. The molecule has 3 saturated carbocycles. The molecule has 0 amide bonds. The summed E-state index contributed by atoms with van der Waals surface area (Å²) in [5.74, 6) is -2.11. The molecular formula is C27H37F2N3O5. The number of fused-ring (bicyclic) bond motifs is 5. The van der Waals surface area contributed by atoms with Crippen molar-refractivity contribution >= 4 is 11.6 Å². The number of hydrogen-bond acceptors (Lipinski definition) is 7. The number of allylic oxidation sites excluding steroid dienone is 4. The van der Waals surface area contributed by atoms with Crippen molar-refractivity contribution in [2.75, 3.05) is 20.2 Å². The second-order valence-electron chi connectivity index (χ2n) is 11.4. The summed E-state index contributed by atoms with van der Waals surface area (Å²) in [6.45, 7) is 4.25. The minimum Gasteiger partial charge on any atom is -0.390 e. The Morgan fingerprint density at radius 2 is 2.03 bits per heavy atom. The Labute approximate surface area is 215 Å². The highest BCUT2D eigenvalue weighted by molar-refractivity contribution is 6.01. The quantitative estimate of drug-likeness (QED) is 0.510. The number of nitrogens with zero attached hydrogens (tertiary/aromatic N) is 3. The number of aliphatic hydroxyl groups is 2. The van der Waals surface area contributed by atoms with E-state index in [4.69, 9.17) is 5.21 Å². The van der Waals surface area contributed by atoms with Crippen molar-refractivity contribution in [2.24, 2.45) is 28.6 Å². The highest BCUT2D eigenvalue weighted by atomic mass is 19.1. The lowest BCUT2D eigenvalue weighted by Gasteiger charge is -2.62. The van der Waals surface area contributed by atoms with Gasteiger partial charge in [0, 0.05) is 49.8 Å². The number of carbonyl (C=O) groups is 2. The van der Waals surface area contributed by atoms with E-state index in [2.05, 4.69) is 4.98 Å². The van der Waals surface area contributed by atoms with E-state index in [1.54, 1.807) is 26.5 Å². The summed E-state index contributed by atoms with van der Waals surface area (Å²) in [5, 5.41) is 30.2. The van der Waals surface area contributed by atoms with Crippen LogP contribution in [0.25, 0.3) is 0 Å². The monoisotopic (exact) mass is 521 g/mol. The average molecular weight is 522 g/mol. The van der Waals surface area contributed by atoms with Crippen molar-refractivity contribution in [3.63, 3.8) is 0 Å². The smallest absolute Gasteiger partial charge is 0.178 e. The largest absolute Gasteiger partial charge is 0.390 e. The predicted molar refractivity (Wildman–Crippen MR) is 131 cm³/mol. The molecule has 4 aliphatic carbocycles. The fraction of sp³-hybridized carbons (Fsp3) is 0.667. The van der Waals surface area contributed by atoms with Gasteiger partial charge in [0.1, 0.15) is 12.8 Å². The van der Waals surface area contributed by atoms with E-state index in [0.29, 0.717) is 19.4 Å². The number of rotatable bonds is 5. The van der Waals surface area contributed by atoms with Crippen molar-refractivity contribution in [1.29, 1.82) is 0 Å². The molecule has 1 unspecified atom stereocenters. The topological polar surface area (TPSA) is 116 Å². The zero-order valence-electron chi connectivity index (χ0n) is 21.6. The molecule has 8 nitrogen and oxygen atoms in total. The number of hydrogen-bond donors (Lipinski definition) is 3. The molecule has 1 aromatic heterocycles. The van der Waals surface area contributed by atoms with Gasteiger partial charge in [-0.15, -0.1) is 0 Å². The van der Waals surface area contributed by atoms with Crippen LogP contribution in [0.4, 0.5) is 8.78 Å². The lowest BCUT2D eigenvalue weighted by atomic mass is 9.45. The lowest BCUT2D eigenvalue weighted by molar-refractivity contribution is -0.202. The number of ketones is 2. The first-order valence-electron chi connectivity index (χ1n) is 12.8. The number of imidazole rings is 1. The maximum Gasteiger partial charge on any atom is 0.178 e. The van der Waals surface area contributed by atoms with E-state index in [9.17, 15) is 19.8 Å². The van der Waals surface area contributed by atoms with Gasteiger partial charge in [-0.05, 0) is 61.7 Å². The standard InChI is InChI=1S/C21H26F2O4.C6H11N3O/c1-19-9-18(27)21(23)14(12(19)3-4-13(19)17(26)10-24)8-16(22)15-7-11(25)5-6-20(15,21)2;1-8(10)4-5-9-3-2-7-6-9/h5-7,12-14,16,18,24,27H,3-4,8-10H2,1-2H3;2-3,6,10H,4-5H2,1H3/t12?,13-,14+,16+,18+,19+,20+,21+;/m1./s1. The number of halogens is 2. The number of Topliss-reactive ketones (excluding diaryl/α,β-unsaturated/α-hetero) is 1. The Morgan fingerprint density at radius 1 is 1.30 bits per heavy atom. The van der Waals surface area contributed by atoms with Gasteiger partial charge in [-0.1, -0.05) is 13.0 Å². The second-order valence-corrected chi connectivity index (χ2v) is 11.4. The van der Waals surface area contributed by atoms with Crippen LogP contribution < -0.4 is 0 Å². The van der Waals surface area contributed by atoms with Gasteiger partial charge >= 0.3 is 0 Å². The number of aromatic nitrogens is 2. The Morgan fingerprint density at radius 3 is 2.65 bits per heavy atom. The molecule has 0 aromatic carbocycles. The van der Waals surface area contributed by atoms with Gasteiger partial charge in [0.15, 0.2) is 17.2 Å². The second kappa shape index (κ2) is 10.1. The van der Waals surface area contributed by atoms with E-state index in [1.807, 2.05) is 17.7 Å². The molecule has 3 N–H and O–H groups in total. The van der Waals surface area contributed by atoms with Crippen molar-refractivity contribution in [2.45, 2.75) is 64.0 Å². The molecule has 1 heterocycles. The van der Waals surface area contributed by atoms with Crippen LogP contribution in [0.15, 0.2) is 42.5 Å². The maximum atomic E-state index is 16.7. The third kappa shape index (κ3) is 4.51. The summed E-state index contributed by atoms with van der Waals surface area (Å²) < 4.78 is 33.7. The molecular weight excluding hydrogens is 484 g/mol. The molecule has 4 aliphatic rings. The van der Waals surface area contributed by atoms with Crippen LogP contribution in [0.3, 0.4) is 0 Å². The van der Waals surface area contributed by atoms with Crippen LogP contribution in [-0.2, 0) is 16.1 Å². The summed E-state index contributed by atoms with van der Waals surface area (Å²) in [4.78, 5) is 27.9. The Bertz CT molecular complexity index is 1080. The van der Waals surface area contributed by atoms with Gasteiger partial charge in [0.2, 0.25) is 0 Å². The average Bonchev–Trinajstić information content (AvgIpc) is 3.48. The van der Waals surface area contributed by atoms with Gasteiger partial charge in [-0.2, -0.15) is 5.06 Å². The van der Waals surface area contributed by atoms with E-state index < -0.39 is 47.2 Å². The third-order valence-corrected chi connectivity index (χ3v) is 9.41. The highest BCUT2D eigenvalue weighted by Crippen LogP contribution is 2.69. The summed E-state index contributed by atoms with van der Waals surface area (Å²) >= 11 is 0. The zero-order valence-corrected chi connectivity index (χ0v) is 21.6. The minimum absolute atomic E-state index is 0.0860. The molecule has 0 radical (unpaired) electrons. The Balaban J connectivity index is 0.000000270. The SMILES string of the molecule is CN(O)CCn1ccnc1.C[C@]12C[C@H](O)[C@@]3(F)[C@@H](C[C@H](F)C4=CC(=O)C=C[C@@]43C)C1CC[C@@H]2C(=O)CO. The fourth-order valence-corrected chi connectivity index (χ4v) is 7.52. The van der Waals surface area contributed by atoms with Crippen molar-refractivity contribution in [1.82, 2.24) is 14.6 Å². The number of carbonyl (C=O) groups excluding carboxylic acids is 2. The third-order valence-electron chi connectivity index (χ3n) is 9.41. The first-order valence-corrected chi connectivity index (χ1v) is 12.8. The van der Waals surface area contributed by atoms with Crippen molar-refractivity contribution < 1.29 is 33.8 Å². The molecule has 8 atom stereocenters. The molecule has 0 saturated heterocycles. The predicted octanol–water partition coefficient (Wildman–Crippen LogP) is 2.69. The minimum atomic E-state index is -2.10. The van der Waals surface area contributed by atoms with E-state index >= 15 is 8.78 Å². The van der Waals surface area contributed by atoms with Crippen LogP contribution in [0, 0.1) is 28.6 Å². The number of aliphatic hydroxyl groups excluding tert-OH is 2. The van der Waals surface area contributed by atoms with Gasteiger partial charge in [-0.3, -0.25) is 9.59 Å². The first kappa shape index (κ1) is 27.8. The summed E-state index contributed by atoms with van der Waals surface area (Å²) in [6.07, 6.45) is 7.40. The molecule has 37 heavy (non-hydrogen) atoms. The van der Waals surface area contributed by atoms with Crippen LogP contribution >= 0.6 is 0 Å². The summed E-state index contributed by atoms with van der Waals surface area (Å²) in [7, 11) is 1.62.